The predicted octanol–water partition coefficient (Wildman–Crippen LogP) is 5.77. The SMILES string of the molecule is CC(OCCBr)OCCOC(c1ccccc1)(c1ccccc1)c1ccccc1. The first-order chi connectivity index (χ1) is 14.3. The fourth-order valence-corrected chi connectivity index (χ4v) is 3.62. The van der Waals surface area contributed by atoms with Crippen LogP contribution in [0, 0.1) is 0 Å². The molecule has 0 aliphatic carbocycles. The fraction of sp³-hybridized carbons (Fsp3) is 0.280. The van der Waals surface area contributed by atoms with E-state index in [1.54, 1.807) is 0 Å². The lowest BCUT2D eigenvalue weighted by molar-refractivity contribution is -0.142. The Labute approximate surface area is 181 Å². The van der Waals surface area contributed by atoms with Gasteiger partial charge < -0.3 is 14.2 Å². The highest BCUT2D eigenvalue weighted by Crippen LogP contribution is 2.40. The number of hydrogen-bond acceptors (Lipinski definition) is 3. The molecule has 3 nitrogen and oxygen atoms in total. The van der Waals surface area contributed by atoms with E-state index in [2.05, 4.69) is 52.3 Å². The zero-order chi connectivity index (χ0) is 20.4. The lowest BCUT2D eigenvalue weighted by atomic mass is 9.80. The van der Waals surface area contributed by atoms with Gasteiger partial charge in [-0.05, 0) is 23.6 Å². The van der Waals surface area contributed by atoms with Crippen LogP contribution in [0.25, 0.3) is 0 Å². The summed E-state index contributed by atoms with van der Waals surface area (Å²) < 4.78 is 18.0. The van der Waals surface area contributed by atoms with Crippen LogP contribution in [0.2, 0.25) is 0 Å². The average molecular weight is 455 g/mol. The molecule has 1 atom stereocenters. The number of benzene rings is 3. The van der Waals surface area contributed by atoms with Gasteiger partial charge in [-0.25, -0.2) is 0 Å². The van der Waals surface area contributed by atoms with E-state index >= 15 is 0 Å². The highest BCUT2D eigenvalue weighted by atomic mass is 79.9. The molecule has 3 aromatic carbocycles. The monoisotopic (exact) mass is 454 g/mol. The minimum absolute atomic E-state index is 0.268. The molecule has 152 valence electrons. The maximum atomic E-state index is 6.65. The summed E-state index contributed by atoms with van der Waals surface area (Å²) >= 11 is 3.36. The maximum Gasteiger partial charge on any atom is 0.154 e. The van der Waals surface area contributed by atoms with Crippen molar-refractivity contribution >= 4 is 15.9 Å². The van der Waals surface area contributed by atoms with Gasteiger partial charge in [-0.2, -0.15) is 0 Å². The first kappa shape index (κ1) is 21.7. The number of halogens is 1. The molecule has 0 heterocycles. The first-order valence-electron chi connectivity index (χ1n) is 9.87. The van der Waals surface area contributed by atoms with Gasteiger partial charge in [0.25, 0.3) is 0 Å². The van der Waals surface area contributed by atoms with Crippen LogP contribution in [-0.4, -0.2) is 31.4 Å². The molecule has 29 heavy (non-hydrogen) atoms. The molecule has 0 bridgehead atoms. The van der Waals surface area contributed by atoms with Crippen LogP contribution in [-0.2, 0) is 19.8 Å². The third kappa shape index (κ3) is 5.55. The van der Waals surface area contributed by atoms with Gasteiger partial charge in [0.05, 0.1) is 19.8 Å². The van der Waals surface area contributed by atoms with E-state index in [4.69, 9.17) is 14.2 Å². The molecule has 0 aliphatic rings. The minimum atomic E-state index is -0.715. The third-order valence-corrected chi connectivity index (χ3v) is 5.05. The van der Waals surface area contributed by atoms with Crippen molar-refractivity contribution in [2.24, 2.45) is 0 Å². The molecule has 1 unspecified atom stereocenters. The second-order valence-electron chi connectivity index (χ2n) is 6.63. The molecule has 0 fully saturated rings. The molecule has 0 radical (unpaired) electrons. The van der Waals surface area contributed by atoms with Gasteiger partial charge in [0.15, 0.2) is 6.29 Å². The van der Waals surface area contributed by atoms with Crippen molar-refractivity contribution in [1.29, 1.82) is 0 Å². The van der Waals surface area contributed by atoms with Gasteiger partial charge in [-0.1, -0.05) is 107 Å². The Kier molecular flexibility index (Phi) is 8.44. The first-order valence-corrected chi connectivity index (χ1v) is 11.0. The molecule has 0 spiro atoms. The van der Waals surface area contributed by atoms with Crippen LogP contribution in [0.1, 0.15) is 23.6 Å². The minimum Gasteiger partial charge on any atom is -0.358 e. The summed E-state index contributed by atoms with van der Waals surface area (Å²) in [5.74, 6) is 0. The Morgan fingerprint density at radius 2 is 1.07 bits per heavy atom. The zero-order valence-corrected chi connectivity index (χ0v) is 18.3. The summed E-state index contributed by atoms with van der Waals surface area (Å²) in [4.78, 5) is 0. The summed E-state index contributed by atoms with van der Waals surface area (Å²) in [5.41, 5.74) is 2.54. The van der Waals surface area contributed by atoms with Gasteiger partial charge in [0.2, 0.25) is 0 Å². The summed E-state index contributed by atoms with van der Waals surface area (Å²) in [5, 5.41) is 0.788. The molecule has 4 heteroatoms. The van der Waals surface area contributed by atoms with Crippen molar-refractivity contribution in [3.8, 4) is 0 Å². The second kappa shape index (κ2) is 11.3. The van der Waals surface area contributed by atoms with E-state index in [0.717, 1.165) is 22.0 Å². The molecule has 0 saturated heterocycles. The summed E-state index contributed by atoms with van der Waals surface area (Å²) in [6.45, 7) is 3.39. The molecule has 0 saturated carbocycles. The van der Waals surface area contributed by atoms with E-state index in [-0.39, 0.29) is 6.29 Å². The van der Waals surface area contributed by atoms with Crippen LogP contribution >= 0.6 is 15.9 Å². The van der Waals surface area contributed by atoms with Crippen LogP contribution in [0.3, 0.4) is 0 Å². The lowest BCUT2D eigenvalue weighted by Crippen LogP contribution is -2.34. The van der Waals surface area contributed by atoms with Crippen molar-refractivity contribution in [1.82, 2.24) is 0 Å². The largest absolute Gasteiger partial charge is 0.358 e. The smallest absolute Gasteiger partial charge is 0.154 e. The summed E-state index contributed by atoms with van der Waals surface area (Å²) in [7, 11) is 0. The van der Waals surface area contributed by atoms with Gasteiger partial charge in [0, 0.05) is 5.33 Å². The Morgan fingerprint density at radius 1 is 0.655 bits per heavy atom. The fourth-order valence-electron chi connectivity index (χ4n) is 3.44. The Hall–Kier alpha value is -1.98. The van der Waals surface area contributed by atoms with E-state index in [0.29, 0.717) is 19.8 Å². The molecular formula is C25H27BrO3. The predicted molar refractivity (Wildman–Crippen MR) is 120 cm³/mol. The van der Waals surface area contributed by atoms with Gasteiger partial charge >= 0.3 is 0 Å². The van der Waals surface area contributed by atoms with E-state index in [9.17, 15) is 0 Å². The Bertz CT molecular complexity index is 728. The van der Waals surface area contributed by atoms with Crippen LogP contribution in [0.15, 0.2) is 91.0 Å². The lowest BCUT2D eigenvalue weighted by Gasteiger charge is -2.36. The molecule has 0 aliphatic heterocycles. The quantitative estimate of drug-likeness (QED) is 0.159. The molecule has 0 aromatic heterocycles. The highest BCUT2D eigenvalue weighted by Gasteiger charge is 2.37. The number of rotatable bonds is 11. The average Bonchev–Trinajstić information content (AvgIpc) is 2.80. The van der Waals surface area contributed by atoms with E-state index in [1.165, 1.54) is 0 Å². The topological polar surface area (TPSA) is 27.7 Å². The molecule has 3 aromatic rings. The second-order valence-corrected chi connectivity index (χ2v) is 7.42. The Balaban J connectivity index is 1.91. The van der Waals surface area contributed by atoms with Crippen molar-refractivity contribution in [3.63, 3.8) is 0 Å². The summed E-state index contributed by atoms with van der Waals surface area (Å²) in [6.07, 6.45) is -0.268. The van der Waals surface area contributed by atoms with Gasteiger partial charge in [-0.3, -0.25) is 0 Å². The maximum absolute atomic E-state index is 6.65. The summed E-state index contributed by atoms with van der Waals surface area (Å²) in [6, 6.07) is 31.0. The van der Waals surface area contributed by atoms with Crippen LogP contribution < -0.4 is 0 Å². The molecule has 3 rings (SSSR count). The van der Waals surface area contributed by atoms with Crippen molar-refractivity contribution < 1.29 is 14.2 Å². The third-order valence-electron chi connectivity index (χ3n) is 4.73. The van der Waals surface area contributed by atoms with Crippen LogP contribution in [0.4, 0.5) is 0 Å². The van der Waals surface area contributed by atoms with Crippen molar-refractivity contribution in [2.75, 3.05) is 25.2 Å². The Morgan fingerprint density at radius 3 is 1.48 bits per heavy atom. The normalized spacial score (nSPS) is 12.6. The molecule has 0 N–H and O–H groups in total. The van der Waals surface area contributed by atoms with Gasteiger partial charge in [0.1, 0.15) is 5.60 Å². The molecular weight excluding hydrogens is 428 g/mol. The number of alkyl halides is 1. The van der Waals surface area contributed by atoms with E-state index < -0.39 is 5.60 Å². The van der Waals surface area contributed by atoms with Crippen molar-refractivity contribution in [2.45, 2.75) is 18.8 Å². The van der Waals surface area contributed by atoms with Crippen molar-refractivity contribution in [3.05, 3.63) is 108 Å². The standard InChI is InChI=1S/C25H27BrO3/c1-21(27-18-17-26)28-19-20-29-25(22-11-5-2-6-12-22,23-13-7-3-8-14-23)24-15-9-4-10-16-24/h2-16,21H,17-20H2,1H3. The number of hydrogen-bond donors (Lipinski definition) is 0. The van der Waals surface area contributed by atoms with Gasteiger partial charge in [-0.15, -0.1) is 0 Å². The van der Waals surface area contributed by atoms with Crippen LogP contribution in [0.5, 0.6) is 0 Å². The zero-order valence-electron chi connectivity index (χ0n) is 16.7. The molecule has 0 amide bonds. The van der Waals surface area contributed by atoms with E-state index in [1.807, 2.05) is 61.5 Å². The number of ether oxygens (including phenoxy) is 3. The highest BCUT2D eigenvalue weighted by molar-refractivity contribution is 9.09.